The number of nitrogens with one attached hydrogen (secondary N) is 1. The topological polar surface area (TPSA) is 86.8 Å². The highest BCUT2D eigenvalue weighted by atomic mass is 32.1. The van der Waals surface area contributed by atoms with Crippen LogP contribution in [0.5, 0.6) is 5.88 Å². The lowest BCUT2D eigenvalue weighted by Gasteiger charge is -2.10. The first-order valence-electron chi connectivity index (χ1n) is 11.1. The number of para-hydroxylation sites is 1. The first-order chi connectivity index (χ1) is 16.4. The Morgan fingerprint density at radius 3 is 2.47 bits per heavy atom. The van der Waals surface area contributed by atoms with E-state index in [1.165, 1.54) is 29.7 Å². The van der Waals surface area contributed by atoms with Crippen molar-refractivity contribution in [3.63, 3.8) is 0 Å². The molecule has 0 bridgehead atoms. The Kier molecular flexibility index (Phi) is 5.63. The molecule has 170 valence electrons. The van der Waals surface area contributed by atoms with Crippen LogP contribution in [0.4, 0.5) is 0 Å². The molecule has 0 aliphatic heterocycles. The molecule has 1 aliphatic rings. The van der Waals surface area contributed by atoms with Crippen LogP contribution < -0.4 is 5.43 Å². The molecule has 1 heterocycles. The van der Waals surface area contributed by atoms with Crippen LogP contribution in [-0.4, -0.2) is 31.4 Å². The largest absolute Gasteiger partial charge is 0.494 e. The molecule has 0 spiro atoms. The van der Waals surface area contributed by atoms with Crippen LogP contribution in [0.3, 0.4) is 0 Å². The van der Waals surface area contributed by atoms with E-state index in [4.69, 9.17) is 17.3 Å². The number of nitrogens with zero attached hydrogens (tertiary/aromatic N) is 2. The van der Waals surface area contributed by atoms with Crippen molar-refractivity contribution in [3.8, 4) is 11.6 Å². The van der Waals surface area contributed by atoms with Gasteiger partial charge in [-0.3, -0.25) is 9.99 Å². The fraction of sp³-hybridized carbons (Fsp3) is 0.148. The van der Waals surface area contributed by atoms with E-state index in [1.807, 2.05) is 35.8 Å². The molecule has 0 saturated heterocycles. The Hall–Kier alpha value is -3.97. The average molecular weight is 470 g/mol. The molecular weight excluding hydrogens is 446 g/mol. The van der Waals surface area contributed by atoms with Gasteiger partial charge >= 0.3 is 5.97 Å². The minimum Gasteiger partial charge on any atom is -0.494 e. The maximum absolute atomic E-state index is 11.3. The van der Waals surface area contributed by atoms with Crippen molar-refractivity contribution in [1.29, 1.82) is 0 Å². The number of hydrogen-bond donors (Lipinski definition) is 3. The van der Waals surface area contributed by atoms with E-state index in [0.717, 1.165) is 29.4 Å². The minimum atomic E-state index is -0.991. The van der Waals surface area contributed by atoms with Crippen LogP contribution in [0.15, 0.2) is 71.8 Å². The van der Waals surface area contributed by atoms with Gasteiger partial charge in [0.25, 0.3) is 0 Å². The van der Waals surface area contributed by atoms with Gasteiger partial charge in [0, 0.05) is 16.6 Å². The van der Waals surface area contributed by atoms with Crippen LogP contribution in [0.25, 0.3) is 16.6 Å². The molecule has 34 heavy (non-hydrogen) atoms. The van der Waals surface area contributed by atoms with Crippen LogP contribution >= 0.6 is 12.2 Å². The molecule has 3 N–H and O–H groups in total. The highest BCUT2D eigenvalue weighted by Crippen LogP contribution is 2.36. The third kappa shape index (κ3) is 3.84. The molecule has 0 saturated carbocycles. The summed E-state index contributed by atoms with van der Waals surface area (Å²) in [6, 6.07) is 20.5. The van der Waals surface area contributed by atoms with Crippen molar-refractivity contribution in [1.82, 2.24) is 9.99 Å². The van der Waals surface area contributed by atoms with Gasteiger partial charge in [-0.2, -0.15) is 5.10 Å². The molecule has 5 rings (SSSR count). The maximum atomic E-state index is 11.3. The van der Waals surface area contributed by atoms with Crippen LogP contribution in [0.1, 0.15) is 46.0 Å². The molecule has 3 aromatic carbocycles. The fourth-order valence-corrected chi connectivity index (χ4v) is 4.74. The van der Waals surface area contributed by atoms with Crippen molar-refractivity contribution in [2.45, 2.75) is 26.2 Å². The van der Waals surface area contributed by atoms with Crippen LogP contribution in [-0.2, 0) is 12.8 Å². The Morgan fingerprint density at radius 1 is 1.00 bits per heavy atom. The number of hydrogen-bond acceptors (Lipinski definition) is 4. The zero-order valence-electron chi connectivity index (χ0n) is 18.6. The Morgan fingerprint density at radius 2 is 1.71 bits per heavy atom. The molecule has 6 nitrogen and oxygen atoms in total. The molecule has 1 aliphatic carbocycles. The number of aromatic nitrogens is 1. The summed E-state index contributed by atoms with van der Waals surface area (Å²) in [6.45, 7) is 1.82. The minimum absolute atomic E-state index is 0.124. The molecule has 0 radical (unpaired) electrons. The second-order valence-electron chi connectivity index (χ2n) is 8.38. The highest BCUT2D eigenvalue weighted by molar-refractivity contribution is 7.80. The van der Waals surface area contributed by atoms with Crippen molar-refractivity contribution in [2.24, 2.45) is 5.10 Å². The number of fused-ring (bicyclic) bond motifs is 2. The molecular formula is C27H23N3O3S. The quantitative estimate of drug-likeness (QED) is 0.212. The van der Waals surface area contributed by atoms with Gasteiger partial charge in [-0.25, -0.2) is 4.79 Å². The average Bonchev–Trinajstić information content (AvgIpc) is 3.43. The van der Waals surface area contributed by atoms with Gasteiger partial charge in [0.1, 0.15) is 4.99 Å². The molecule has 0 atom stereocenters. The molecule has 4 aromatic rings. The van der Waals surface area contributed by atoms with E-state index >= 15 is 0 Å². The first kappa shape index (κ1) is 21.9. The molecule has 0 fully saturated rings. The number of carboxylic acid groups (broad SMARTS) is 1. The maximum Gasteiger partial charge on any atom is 0.335 e. The molecule has 1 aromatic heterocycles. The monoisotopic (exact) mass is 469 g/mol. The number of aryl methyl sites for hydroxylation is 2. The normalized spacial score (nSPS) is 13.1. The van der Waals surface area contributed by atoms with Crippen molar-refractivity contribution >= 4 is 39.8 Å². The number of aromatic carboxylic acids is 1. The van der Waals surface area contributed by atoms with E-state index < -0.39 is 5.97 Å². The molecule has 7 heteroatoms. The second kappa shape index (κ2) is 8.76. The predicted octanol–water partition coefficient (Wildman–Crippen LogP) is 5.21. The van der Waals surface area contributed by atoms with Gasteiger partial charge in [0.05, 0.1) is 22.4 Å². The van der Waals surface area contributed by atoms with Gasteiger partial charge in [0.15, 0.2) is 0 Å². The number of benzene rings is 3. The number of rotatable bonds is 5. The number of thiocarbonyl (C=S) groups is 1. The molecule has 0 unspecified atom stereocenters. The Labute approximate surface area is 202 Å². The van der Waals surface area contributed by atoms with E-state index in [1.54, 1.807) is 12.1 Å². The Balaban J connectivity index is 1.50. The number of carbonyl (C=O) groups is 1. The van der Waals surface area contributed by atoms with Crippen molar-refractivity contribution in [3.05, 3.63) is 94.5 Å². The van der Waals surface area contributed by atoms with Crippen LogP contribution in [0, 0.1) is 0 Å². The summed E-state index contributed by atoms with van der Waals surface area (Å²) in [5.41, 5.74) is 9.47. The van der Waals surface area contributed by atoms with Gasteiger partial charge in [-0.15, -0.1) is 0 Å². The van der Waals surface area contributed by atoms with Gasteiger partial charge < -0.3 is 10.2 Å². The van der Waals surface area contributed by atoms with Crippen molar-refractivity contribution < 1.29 is 15.0 Å². The summed E-state index contributed by atoms with van der Waals surface area (Å²) in [6.07, 6.45) is 3.33. The van der Waals surface area contributed by atoms with Gasteiger partial charge in [0.2, 0.25) is 5.88 Å². The first-order valence-corrected chi connectivity index (χ1v) is 11.5. The summed E-state index contributed by atoms with van der Waals surface area (Å²) in [5.74, 6) is -0.867. The standard InChI is InChI=1S/C27H23N3O3S/c1-16(28-29-25(34)18-9-11-19(12-10-18)27(32)33)24-22-7-2-3-8-23(22)30(26(24)31)21-14-13-17-5-4-6-20(17)15-21/h2-3,7-15,31H,4-6H2,1H3,(H,29,34)(H,32,33)/b28-16+. The third-order valence-corrected chi connectivity index (χ3v) is 6.60. The number of aromatic hydroxyl groups is 1. The molecule has 0 amide bonds. The lowest BCUT2D eigenvalue weighted by molar-refractivity contribution is 0.0697. The number of carboxylic acids is 1. The summed E-state index contributed by atoms with van der Waals surface area (Å²) in [4.78, 5) is 11.4. The lowest BCUT2D eigenvalue weighted by Crippen LogP contribution is -2.18. The third-order valence-electron chi connectivity index (χ3n) is 6.27. The Bertz CT molecular complexity index is 1470. The van der Waals surface area contributed by atoms with Crippen LogP contribution in [0.2, 0.25) is 0 Å². The number of hydrazone groups is 1. The summed E-state index contributed by atoms with van der Waals surface area (Å²) < 4.78 is 1.87. The summed E-state index contributed by atoms with van der Waals surface area (Å²) in [5, 5.41) is 25.7. The zero-order valence-corrected chi connectivity index (χ0v) is 19.4. The zero-order chi connectivity index (χ0) is 23.8. The summed E-state index contributed by atoms with van der Waals surface area (Å²) >= 11 is 5.42. The SMILES string of the molecule is C/C(=N\NC(=S)c1ccc(C(=O)O)cc1)c1c(O)n(-c2ccc3c(c2)CCC3)c2ccccc12. The van der Waals surface area contributed by atoms with E-state index in [2.05, 4.69) is 28.7 Å². The van der Waals surface area contributed by atoms with Gasteiger partial charge in [-0.05, 0) is 67.6 Å². The van der Waals surface area contributed by atoms with Gasteiger partial charge in [-0.1, -0.05) is 48.6 Å². The smallest absolute Gasteiger partial charge is 0.335 e. The predicted molar refractivity (Wildman–Crippen MR) is 137 cm³/mol. The van der Waals surface area contributed by atoms with E-state index in [9.17, 15) is 9.90 Å². The van der Waals surface area contributed by atoms with Crippen molar-refractivity contribution in [2.75, 3.05) is 0 Å². The van der Waals surface area contributed by atoms with E-state index in [-0.39, 0.29) is 11.4 Å². The highest BCUT2D eigenvalue weighted by Gasteiger charge is 2.21. The fourth-order valence-electron chi connectivity index (χ4n) is 4.56. The lowest BCUT2D eigenvalue weighted by atomic mass is 10.1. The summed E-state index contributed by atoms with van der Waals surface area (Å²) in [7, 11) is 0. The van der Waals surface area contributed by atoms with E-state index in [0.29, 0.717) is 21.8 Å². The second-order valence-corrected chi connectivity index (χ2v) is 8.79.